The summed E-state index contributed by atoms with van der Waals surface area (Å²) in [7, 11) is -3.09. The Morgan fingerprint density at radius 3 is 2.43 bits per heavy atom. The van der Waals surface area contributed by atoms with Gasteiger partial charge < -0.3 is 5.11 Å². The standard InChI is InChI=1S/C8H6O2S.C2H6O/c9-11(10)6-5-7-3-1-2-4-8(7)11;1-2-3/h1-6H;3H,2H2,1H3. The molecule has 1 N–H and O–H groups in total. The van der Waals surface area contributed by atoms with E-state index in [2.05, 4.69) is 0 Å². The molecule has 0 aliphatic carbocycles. The molecule has 0 unspecified atom stereocenters. The Labute approximate surface area is 83.6 Å². The van der Waals surface area contributed by atoms with Crippen LogP contribution in [-0.4, -0.2) is 20.1 Å². The van der Waals surface area contributed by atoms with Gasteiger partial charge in [-0.05, 0) is 24.6 Å². The van der Waals surface area contributed by atoms with Crippen LogP contribution in [0, 0.1) is 0 Å². The molecule has 0 spiro atoms. The van der Waals surface area contributed by atoms with E-state index < -0.39 is 9.84 Å². The van der Waals surface area contributed by atoms with Crippen molar-refractivity contribution in [2.45, 2.75) is 11.8 Å². The van der Waals surface area contributed by atoms with Gasteiger partial charge in [0.2, 0.25) is 0 Å². The quantitative estimate of drug-likeness (QED) is 0.708. The molecule has 1 aliphatic rings. The van der Waals surface area contributed by atoms with Gasteiger partial charge in [0, 0.05) is 12.0 Å². The zero-order valence-corrected chi connectivity index (χ0v) is 8.66. The summed E-state index contributed by atoms with van der Waals surface area (Å²) < 4.78 is 22.3. The van der Waals surface area contributed by atoms with E-state index in [4.69, 9.17) is 5.11 Å². The lowest BCUT2D eigenvalue weighted by Crippen LogP contribution is -1.91. The summed E-state index contributed by atoms with van der Waals surface area (Å²) in [5, 5.41) is 8.80. The van der Waals surface area contributed by atoms with E-state index in [9.17, 15) is 8.42 Å². The van der Waals surface area contributed by atoms with Crippen molar-refractivity contribution < 1.29 is 13.5 Å². The van der Waals surface area contributed by atoms with Gasteiger partial charge in [-0.3, -0.25) is 0 Å². The molecule has 0 amide bonds. The third kappa shape index (κ3) is 2.21. The average molecular weight is 212 g/mol. The minimum atomic E-state index is -3.09. The van der Waals surface area contributed by atoms with Crippen LogP contribution in [-0.2, 0) is 9.84 Å². The SMILES string of the molecule is CCO.O=S1(=O)C=Cc2ccccc21. The second kappa shape index (κ2) is 4.39. The first kappa shape index (κ1) is 10.9. The van der Waals surface area contributed by atoms with Gasteiger partial charge in [-0.1, -0.05) is 18.2 Å². The predicted octanol–water partition coefficient (Wildman–Crippen LogP) is 1.44. The van der Waals surface area contributed by atoms with E-state index in [-0.39, 0.29) is 6.61 Å². The van der Waals surface area contributed by atoms with Crippen LogP contribution in [0.15, 0.2) is 34.6 Å². The lowest BCUT2D eigenvalue weighted by atomic mass is 10.2. The van der Waals surface area contributed by atoms with E-state index >= 15 is 0 Å². The van der Waals surface area contributed by atoms with Gasteiger partial charge in [0.05, 0.1) is 4.90 Å². The monoisotopic (exact) mass is 212 g/mol. The Bertz CT molecular complexity index is 432. The second-order valence-corrected chi connectivity index (χ2v) is 4.50. The molecule has 1 aromatic rings. The zero-order chi connectivity index (χ0) is 10.6. The molecular formula is C10H12O3S. The van der Waals surface area contributed by atoms with Gasteiger partial charge in [0.25, 0.3) is 0 Å². The predicted molar refractivity (Wildman–Crippen MR) is 55.4 cm³/mol. The molecule has 0 saturated carbocycles. The van der Waals surface area contributed by atoms with Gasteiger partial charge in [0.15, 0.2) is 9.84 Å². The van der Waals surface area contributed by atoms with E-state index in [1.807, 2.05) is 6.07 Å². The molecular weight excluding hydrogens is 200 g/mol. The molecule has 0 fully saturated rings. The molecule has 0 saturated heterocycles. The van der Waals surface area contributed by atoms with Crippen LogP contribution in [0.2, 0.25) is 0 Å². The summed E-state index contributed by atoms with van der Waals surface area (Å²) >= 11 is 0. The number of aliphatic hydroxyl groups excluding tert-OH is 1. The molecule has 3 nitrogen and oxygen atoms in total. The first-order valence-corrected chi connectivity index (χ1v) is 5.79. The summed E-state index contributed by atoms with van der Waals surface area (Å²) in [6.07, 6.45) is 1.62. The Hall–Kier alpha value is -1.13. The van der Waals surface area contributed by atoms with Crippen molar-refractivity contribution in [3.8, 4) is 0 Å². The molecule has 1 aromatic carbocycles. The Morgan fingerprint density at radius 1 is 1.29 bits per heavy atom. The number of sulfone groups is 1. The topological polar surface area (TPSA) is 54.4 Å². The van der Waals surface area contributed by atoms with Crippen molar-refractivity contribution in [1.82, 2.24) is 0 Å². The van der Waals surface area contributed by atoms with Crippen LogP contribution in [0.5, 0.6) is 0 Å². The van der Waals surface area contributed by atoms with Crippen molar-refractivity contribution >= 4 is 15.9 Å². The molecule has 1 aliphatic heterocycles. The van der Waals surface area contributed by atoms with Crippen molar-refractivity contribution in [1.29, 1.82) is 0 Å². The van der Waals surface area contributed by atoms with Gasteiger partial charge in [-0.15, -0.1) is 0 Å². The molecule has 0 radical (unpaired) electrons. The van der Waals surface area contributed by atoms with E-state index in [1.54, 1.807) is 31.2 Å². The van der Waals surface area contributed by atoms with Crippen LogP contribution in [0.4, 0.5) is 0 Å². The van der Waals surface area contributed by atoms with E-state index in [0.29, 0.717) is 4.90 Å². The maximum Gasteiger partial charge on any atom is 0.200 e. The van der Waals surface area contributed by atoms with Crippen LogP contribution >= 0.6 is 0 Å². The normalized spacial score (nSPS) is 15.6. The fourth-order valence-corrected chi connectivity index (χ4v) is 2.32. The van der Waals surface area contributed by atoms with Gasteiger partial charge in [-0.25, -0.2) is 8.42 Å². The van der Waals surface area contributed by atoms with Crippen LogP contribution < -0.4 is 0 Å². The lowest BCUT2D eigenvalue weighted by Gasteiger charge is -1.94. The molecule has 4 heteroatoms. The second-order valence-electron chi connectivity index (χ2n) is 2.70. The minimum Gasteiger partial charge on any atom is -0.397 e. The van der Waals surface area contributed by atoms with E-state index in [1.165, 1.54) is 5.41 Å². The van der Waals surface area contributed by atoms with Crippen LogP contribution in [0.3, 0.4) is 0 Å². The van der Waals surface area contributed by atoms with Gasteiger partial charge in [-0.2, -0.15) is 0 Å². The number of aliphatic hydroxyl groups is 1. The fourth-order valence-electron chi connectivity index (χ4n) is 1.11. The Morgan fingerprint density at radius 2 is 1.86 bits per heavy atom. The summed E-state index contributed by atoms with van der Waals surface area (Å²) in [6, 6.07) is 6.95. The third-order valence-electron chi connectivity index (χ3n) is 1.65. The lowest BCUT2D eigenvalue weighted by molar-refractivity contribution is 0.318. The highest BCUT2D eigenvalue weighted by Crippen LogP contribution is 2.25. The Kier molecular flexibility index (Phi) is 3.43. The Balaban J connectivity index is 0.000000293. The molecule has 76 valence electrons. The highest BCUT2D eigenvalue weighted by atomic mass is 32.2. The summed E-state index contributed by atoms with van der Waals surface area (Å²) in [5.74, 6) is 0. The minimum absolute atomic E-state index is 0.250. The molecule has 0 bridgehead atoms. The van der Waals surface area contributed by atoms with Crippen LogP contribution in [0.1, 0.15) is 12.5 Å². The van der Waals surface area contributed by atoms with Crippen LogP contribution in [0.25, 0.3) is 6.08 Å². The highest BCUT2D eigenvalue weighted by Gasteiger charge is 2.18. The maximum absolute atomic E-state index is 11.2. The van der Waals surface area contributed by atoms with Crippen molar-refractivity contribution in [3.05, 3.63) is 35.2 Å². The summed E-state index contributed by atoms with van der Waals surface area (Å²) in [5.41, 5.74) is 0.785. The third-order valence-corrected chi connectivity index (χ3v) is 3.13. The van der Waals surface area contributed by atoms with Gasteiger partial charge in [0.1, 0.15) is 0 Å². The van der Waals surface area contributed by atoms with E-state index in [0.717, 1.165) is 5.56 Å². The molecule has 2 rings (SSSR count). The summed E-state index contributed by atoms with van der Waals surface area (Å²) in [4.78, 5) is 0.417. The smallest absolute Gasteiger partial charge is 0.200 e. The number of hydrogen-bond acceptors (Lipinski definition) is 3. The van der Waals surface area contributed by atoms with Gasteiger partial charge >= 0.3 is 0 Å². The first-order valence-electron chi connectivity index (χ1n) is 4.25. The zero-order valence-electron chi connectivity index (χ0n) is 7.84. The molecule has 1 heterocycles. The fraction of sp³-hybridized carbons (Fsp3) is 0.200. The number of rotatable bonds is 0. The largest absolute Gasteiger partial charge is 0.397 e. The van der Waals surface area contributed by atoms with Crippen molar-refractivity contribution in [2.24, 2.45) is 0 Å². The number of benzene rings is 1. The maximum atomic E-state index is 11.2. The summed E-state index contributed by atoms with van der Waals surface area (Å²) in [6.45, 7) is 1.93. The number of fused-ring (bicyclic) bond motifs is 1. The average Bonchev–Trinajstić information content (AvgIpc) is 2.45. The van der Waals surface area contributed by atoms with Crippen molar-refractivity contribution in [3.63, 3.8) is 0 Å². The highest BCUT2D eigenvalue weighted by molar-refractivity contribution is 7.94. The molecule has 14 heavy (non-hydrogen) atoms. The number of hydrogen-bond donors (Lipinski definition) is 1. The van der Waals surface area contributed by atoms with Crippen molar-refractivity contribution in [2.75, 3.05) is 6.61 Å². The molecule has 0 aromatic heterocycles. The first-order chi connectivity index (χ1) is 6.61. The molecule has 0 atom stereocenters.